The normalized spacial score (nSPS) is 36.8. The second-order valence-corrected chi connectivity index (χ2v) is 6.90. The van der Waals surface area contributed by atoms with Crippen LogP contribution in [0.5, 0.6) is 0 Å². The van der Waals surface area contributed by atoms with E-state index < -0.39 is 0 Å². The summed E-state index contributed by atoms with van der Waals surface area (Å²) in [6.45, 7) is 7.05. The van der Waals surface area contributed by atoms with Gasteiger partial charge in [-0.2, -0.15) is 0 Å². The van der Waals surface area contributed by atoms with Crippen LogP contribution in [0.1, 0.15) is 52.9 Å². The van der Waals surface area contributed by atoms with Crippen LogP contribution < -0.4 is 0 Å². The van der Waals surface area contributed by atoms with Crippen LogP contribution in [-0.4, -0.2) is 35.2 Å². The van der Waals surface area contributed by atoms with Gasteiger partial charge in [0.2, 0.25) is 0 Å². The molecule has 2 aliphatic carbocycles. The van der Waals surface area contributed by atoms with E-state index in [1.807, 2.05) is 0 Å². The van der Waals surface area contributed by atoms with Crippen LogP contribution in [0.15, 0.2) is 0 Å². The van der Waals surface area contributed by atoms with Crippen LogP contribution in [0, 0.1) is 11.3 Å². The highest BCUT2D eigenvalue weighted by atomic mass is 16.3. The Kier molecular flexibility index (Phi) is 3.33. The molecule has 16 heavy (non-hydrogen) atoms. The van der Waals surface area contributed by atoms with Crippen molar-refractivity contribution in [1.82, 2.24) is 4.90 Å². The molecule has 0 aliphatic heterocycles. The number of aliphatic hydroxyl groups excluding tert-OH is 1. The van der Waals surface area contributed by atoms with Crippen LogP contribution in [-0.2, 0) is 0 Å². The van der Waals surface area contributed by atoms with Gasteiger partial charge in [0.1, 0.15) is 0 Å². The molecule has 2 saturated carbocycles. The summed E-state index contributed by atoms with van der Waals surface area (Å²) in [5.41, 5.74) is 0.369. The maximum atomic E-state index is 9.89. The van der Waals surface area contributed by atoms with Gasteiger partial charge in [0.15, 0.2) is 0 Å². The Morgan fingerprint density at radius 1 is 1.06 bits per heavy atom. The molecule has 0 heterocycles. The van der Waals surface area contributed by atoms with Crippen LogP contribution in [0.2, 0.25) is 0 Å². The van der Waals surface area contributed by atoms with Crippen molar-refractivity contribution in [1.29, 1.82) is 0 Å². The smallest absolute Gasteiger partial charge is 0.0555 e. The van der Waals surface area contributed by atoms with Crippen LogP contribution in [0.4, 0.5) is 0 Å². The zero-order chi connectivity index (χ0) is 11.9. The van der Waals surface area contributed by atoms with Crippen molar-refractivity contribution in [2.24, 2.45) is 11.3 Å². The van der Waals surface area contributed by atoms with E-state index in [9.17, 15) is 5.11 Å². The maximum absolute atomic E-state index is 9.89. The first kappa shape index (κ1) is 12.4. The SMILES string of the molecule is CN(C1CC1)C1CC(O)CCC1C(C)(C)C. The summed E-state index contributed by atoms with van der Waals surface area (Å²) in [7, 11) is 2.26. The summed E-state index contributed by atoms with van der Waals surface area (Å²) in [4.78, 5) is 2.55. The number of hydrogen-bond donors (Lipinski definition) is 1. The van der Waals surface area contributed by atoms with E-state index in [1.54, 1.807) is 0 Å². The monoisotopic (exact) mass is 225 g/mol. The average Bonchev–Trinajstić information content (AvgIpc) is 2.97. The molecule has 0 aromatic heterocycles. The lowest BCUT2D eigenvalue weighted by molar-refractivity contribution is -0.00492. The molecule has 0 radical (unpaired) electrons. The Bertz CT molecular complexity index is 242. The van der Waals surface area contributed by atoms with Gasteiger partial charge in [0.25, 0.3) is 0 Å². The van der Waals surface area contributed by atoms with Gasteiger partial charge in [0, 0.05) is 12.1 Å². The van der Waals surface area contributed by atoms with Gasteiger partial charge >= 0.3 is 0 Å². The topological polar surface area (TPSA) is 23.5 Å². The Balaban J connectivity index is 2.08. The summed E-state index contributed by atoms with van der Waals surface area (Å²) >= 11 is 0. The predicted molar refractivity (Wildman–Crippen MR) is 67.4 cm³/mol. The van der Waals surface area contributed by atoms with E-state index in [0.717, 1.165) is 24.8 Å². The van der Waals surface area contributed by atoms with Gasteiger partial charge in [-0.1, -0.05) is 20.8 Å². The van der Waals surface area contributed by atoms with E-state index in [-0.39, 0.29) is 6.10 Å². The molecule has 0 amide bonds. The van der Waals surface area contributed by atoms with Gasteiger partial charge in [-0.3, -0.25) is 0 Å². The minimum absolute atomic E-state index is 0.0650. The molecular weight excluding hydrogens is 198 g/mol. The molecule has 3 unspecified atom stereocenters. The molecule has 2 nitrogen and oxygen atoms in total. The van der Waals surface area contributed by atoms with Crippen LogP contribution in [0.25, 0.3) is 0 Å². The summed E-state index contributed by atoms with van der Waals surface area (Å²) in [6.07, 6.45) is 5.82. The van der Waals surface area contributed by atoms with E-state index in [2.05, 4.69) is 32.7 Å². The highest BCUT2D eigenvalue weighted by Crippen LogP contribution is 2.42. The molecule has 2 heteroatoms. The van der Waals surface area contributed by atoms with Crippen molar-refractivity contribution in [2.45, 2.75) is 71.1 Å². The number of nitrogens with zero attached hydrogens (tertiary/aromatic N) is 1. The zero-order valence-corrected chi connectivity index (χ0v) is 11.2. The molecule has 0 spiro atoms. The maximum Gasteiger partial charge on any atom is 0.0555 e. The van der Waals surface area contributed by atoms with Crippen molar-refractivity contribution in [3.8, 4) is 0 Å². The second kappa shape index (κ2) is 4.30. The molecule has 2 fully saturated rings. The lowest BCUT2D eigenvalue weighted by Gasteiger charge is -2.46. The fourth-order valence-corrected chi connectivity index (χ4v) is 3.34. The molecule has 0 bridgehead atoms. The molecule has 2 aliphatic rings. The fourth-order valence-electron chi connectivity index (χ4n) is 3.34. The second-order valence-electron chi connectivity index (χ2n) is 6.90. The number of hydrogen-bond acceptors (Lipinski definition) is 2. The van der Waals surface area contributed by atoms with Crippen molar-refractivity contribution < 1.29 is 5.11 Å². The Morgan fingerprint density at radius 3 is 2.19 bits per heavy atom. The predicted octanol–water partition coefficient (Wildman–Crippen LogP) is 2.66. The Labute approximate surface area is 100 Å². The summed E-state index contributed by atoms with van der Waals surface area (Å²) in [6, 6.07) is 1.40. The first-order valence-electron chi connectivity index (χ1n) is 6.79. The lowest BCUT2D eigenvalue weighted by Crippen LogP contribution is -2.49. The lowest BCUT2D eigenvalue weighted by atomic mass is 9.68. The quantitative estimate of drug-likeness (QED) is 0.781. The third kappa shape index (κ3) is 2.60. The van der Waals surface area contributed by atoms with Crippen molar-refractivity contribution in [2.75, 3.05) is 7.05 Å². The number of aliphatic hydroxyl groups is 1. The largest absolute Gasteiger partial charge is 0.393 e. The van der Waals surface area contributed by atoms with Gasteiger partial charge < -0.3 is 10.0 Å². The fraction of sp³-hybridized carbons (Fsp3) is 1.00. The van der Waals surface area contributed by atoms with Crippen molar-refractivity contribution in [3.05, 3.63) is 0 Å². The van der Waals surface area contributed by atoms with Crippen LogP contribution in [0.3, 0.4) is 0 Å². The summed E-state index contributed by atoms with van der Waals surface area (Å²) in [5.74, 6) is 0.737. The molecule has 94 valence electrons. The summed E-state index contributed by atoms with van der Waals surface area (Å²) < 4.78 is 0. The van der Waals surface area contributed by atoms with Crippen LogP contribution >= 0.6 is 0 Å². The zero-order valence-electron chi connectivity index (χ0n) is 11.2. The van der Waals surface area contributed by atoms with E-state index >= 15 is 0 Å². The van der Waals surface area contributed by atoms with E-state index in [4.69, 9.17) is 0 Å². The van der Waals surface area contributed by atoms with Crippen molar-refractivity contribution >= 4 is 0 Å². The number of rotatable bonds is 2. The molecule has 2 rings (SSSR count). The van der Waals surface area contributed by atoms with E-state index in [1.165, 1.54) is 19.3 Å². The minimum Gasteiger partial charge on any atom is -0.393 e. The Morgan fingerprint density at radius 2 is 1.69 bits per heavy atom. The molecular formula is C14H27NO. The molecule has 0 saturated heterocycles. The molecule has 1 N–H and O–H groups in total. The summed E-state index contributed by atoms with van der Waals surface area (Å²) in [5, 5.41) is 9.89. The van der Waals surface area contributed by atoms with Gasteiger partial charge in [0.05, 0.1) is 6.10 Å². The highest BCUT2D eigenvalue weighted by molar-refractivity contribution is 4.96. The minimum atomic E-state index is -0.0650. The van der Waals surface area contributed by atoms with E-state index in [0.29, 0.717) is 11.5 Å². The van der Waals surface area contributed by atoms with Gasteiger partial charge in [-0.15, -0.1) is 0 Å². The third-order valence-corrected chi connectivity index (χ3v) is 4.55. The first-order valence-corrected chi connectivity index (χ1v) is 6.79. The third-order valence-electron chi connectivity index (χ3n) is 4.55. The highest BCUT2D eigenvalue weighted by Gasteiger charge is 2.42. The average molecular weight is 225 g/mol. The molecule has 3 atom stereocenters. The van der Waals surface area contributed by atoms with Crippen molar-refractivity contribution in [3.63, 3.8) is 0 Å². The standard InChI is InChI=1S/C14H27NO/c1-14(2,3)12-8-7-11(16)9-13(12)15(4)10-5-6-10/h10-13,16H,5-9H2,1-4H3. The Hall–Kier alpha value is -0.0800. The molecule has 0 aromatic rings. The first-order chi connectivity index (χ1) is 7.39. The van der Waals surface area contributed by atoms with Gasteiger partial charge in [-0.05, 0) is 50.5 Å². The molecule has 0 aromatic carbocycles. The van der Waals surface area contributed by atoms with Gasteiger partial charge in [-0.25, -0.2) is 0 Å².